The fourth-order valence-corrected chi connectivity index (χ4v) is 4.47. The van der Waals surface area contributed by atoms with Crippen LogP contribution in [0.15, 0.2) is 0 Å². The summed E-state index contributed by atoms with van der Waals surface area (Å²) in [5.41, 5.74) is 0.0594. The quantitative estimate of drug-likeness (QED) is 0.267. The number of rotatable bonds is 5. The van der Waals surface area contributed by atoms with Gasteiger partial charge in [0.1, 0.15) is 11.2 Å². The van der Waals surface area contributed by atoms with E-state index in [1.165, 1.54) is 51.4 Å². The highest BCUT2D eigenvalue weighted by Crippen LogP contribution is 2.40. The molecule has 94 valence electrons. The fraction of sp³-hybridized carbons (Fsp3) is 1.00. The van der Waals surface area contributed by atoms with E-state index < -0.39 is 0 Å². The Bertz CT molecular complexity index is 197. The lowest BCUT2D eigenvalue weighted by Crippen LogP contribution is -2.39. The summed E-state index contributed by atoms with van der Waals surface area (Å²) in [7, 11) is 0. The zero-order valence-corrected chi connectivity index (χ0v) is 14.0. The second kappa shape index (κ2) is 6.02. The Morgan fingerprint density at radius 3 is 1.25 bits per heavy atom. The Balaban J connectivity index is 1.89. The van der Waals surface area contributed by atoms with Gasteiger partial charge < -0.3 is 0 Å². The van der Waals surface area contributed by atoms with Crippen LogP contribution in [-0.4, -0.2) is 20.1 Å². The van der Waals surface area contributed by atoms with Gasteiger partial charge in [-0.3, -0.25) is 0 Å². The first-order chi connectivity index (χ1) is 7.74. The molecule has 0 aromatic rings. The molecule has 0 heterocycles. The van der Waals surface area contributed by atoms with Gasteiger partial charge in [-0.05, 0) is 25.7 Å². The standard InChI is InChI=1S/C12H20I2O2/c13-9-11(5-1-2-6-11)15-16-12(10-14)7-3-4-8-12/h1-10H2. The van der Waals surface area contributed by atoms with E-state index in [4.69, 9.17) is 9.78 Å². The van der Waals surface area contributed by atoms with Gasteiger partial charge in [0.05, 0.1) is 0 Å². The van der Waals surface area contributed by atoms with Crippen LogP contribution in [0.4, 0.5) is 0 Å². The van der Waals surface area contributed by atoms with E-state index in [1.54, 1.807) is 0 Å². The van der Waals surface area contributed by atoms with Crippen molar-refractivity contribution in [3.8, 4) is 0 Å². The largest absolute Gasteiger partial charge is 0.229 e. The van der Waals surface area contributed by atoms with Crippen molar-refractivity contribution < 1.29 is 9.78 Å². The van der Waals surface area contributed by atoms with Crippen molar-refractivity contribution in [1.29, 1.82) is 0 Å². The molecule has 4 heteroatoms. The average molecular weight is 450 g/mol. The summed E-state index contributed by atoms with van der Waals surface area (Å²) in [5, 5.41) is 0. The van der Waals surface area contributed by atoms with E-state index in [9.17, 15) is 0 Å². The van der Waals surface area contributed by atoms with Crippen LogP contribution in [-0.2, 0) is 9.78 Å². The van der Waals surface area contributed by atoms with Crippen LogP contribution in [0.1, 0.15) is 51.4 Å². The Labute approximate surface area is 125 Å². The Hall–Kier alpha value is 1.38. The van der Waals surface area contributed by atoms with Crippen molar-refractivity contribution in [3.63, 3.8) is 0 Å². The molecule has 0 spiro atoms. The van der Waals surface area contributed by atoms with E-state index in [1.807, 2.05) is 0 Å². The van der Waals surface area contributed by atoms with Gasteiger partial charge in [0, 0.05) is 8.86 Å². The molecule has 0 radical (unpaired) electrons. The molecule has 2 aliphatic carbocycles. The molecule has 2 aliphatic rings. The van der Waals surface area contributed by atoms with Crippen molar-refractivity contribution >= 4 is 45.2 Å². The predicted molar refractivity (Wildman–Crippen MR) is 82.3 cm³/mol. The smallest absolute Gasteiger partial charge is 0.112 e. The molecule has 2 fully saturated rings. The lowest BCUT2D eigenvalue weighted by molar-refractivity contribution is -0.401. The normalized spacial score (nSPS) is 27.4. The predicted octanol–water partition coefficient (Wildman–Crippen LogP) is 4.43. The van der Waals surface area contributed by atoms with E-state index in [0.717, 1.165) is 8.86 Å². The zero-order chi connectivity index (χ0) is 11.5. The zero-order valence-electron chi connectivity index (χ0n) is 9.64. The molecule has 2 rings (SSSR count). The molecule has 0 aromatic carbocycles. The van der Waals surface area contributed by atoms with Crippen molar-refractivity contribution in [2.24, 2.45) is 0 Å². The summed E-state index contributed by atoms with van der Waals surface area (Å²) in [6, 6.07) is 0. The second-order valence-corrected chi connectivity index (χ2v) is 6.74. The van der Waals surface area contributed by atoms with Crippen LogP contribution in [0.5, 0.6) is 0 Å². The van der Waals surface area contributed by atoms with Gasteiger partial charge in [0.15, 0.2) is 0 Å². The van der Waals surface area contributed by atoms with Gasteiger partial charge in [-0.2, -0.15) is 0 Å². The van der Waals surface area contributed by atoms with Crippen LogP contribution >= 0.6 is 45.2 Å². The third-order valence-electron chi connectivity index (χ3n) is 3.91. The lowest BCUT2D eigenvalue weighted by Gasteiger charge is -2.32. The molecule has 0 unspecified atom stereocenters. The van der Waals surface area contributed by atoms with E-state index >= 15 is 0 Å². The topological polar surface area (TPSA) is 18.5 Å². The van der Waals surface area contributed by atoms with Gasteiger partial charge in [0.2, 0.25) is 0 Å². The first-order valence-electron chi connectivity index (χ1n) is 6.23. The number of hydrogen-bond donors (Lipinski definition) is 0. The third kappa shape index (κ3) is 3.03. The summed E-state index contributed by atoms with van der Waals surface area (Å²) in [6.45, 7) is 0. The third-order valence-corrected chi connectivity index (χ3v) is 6.69. The number of hydrogen-bond acceptors (Lipinski definition) is 2. The van der Waals surface area contributed by atoms with Crippen molar-refractivity contribution in [2.75, 3.05) is 8.86 Å². The highest BCUT2D eigenvalue weighted by atomic mass is 127. The minimum atomic E-state index is 0.0297. The SMILES string of the molecule is ICC1(OOC2(CI)CCCC2)CCCC1. The molecule has 0 amide bonds. The Morgan fingerprint density at radius 1 is 0.688 bits per heavy atom. The van der Waals surface area contributed by atoms with Crippen LogP contribution in [0, 0.1) is 0 Å². The van der Waals surface area contributed by atoms with E-state index in [2.05, 4.69) is 45.2 Å². The van der Waals surface area contributed by atoms with Gasteiger partial charge in [0.25, 0.3) is 0 Å². The summed E-state index contributed by atoms with van der Waals surface area (Å²) < 4.78 is 2.12. The molecule has 0 saturated heterocycles. The first kappa shape index (κ1) is 13.8. The molecule has 0 N–H and O–H groups in total. The fourth-order valence-electron chi connectivity index (χ4n) is 2.69. The monoisotopic (exact) mass is 450 g/mol. The summed E-state index contributed by atoms with van der Waals surface area (Å²) in [5.74, 6) is 0. The van der Waals surface area contributed by atoms with Crippen molar-refractivity contribution in [1.82, 2.24) is 0 Å². The van der Waals surface area contributed by atoms with Gasteiger partial charge >= 0.3 is 0 Å². The second-order valence-electron chi connectivity index (χ2n) is 5.21. The summed E-state index contributed by atoms with van der Waals surface area (Å²) in [6.07, 6.45) is 9.88. The first-order valence-corrected chi connectivity index (χ1v) is 9.28. The number of halogens is 2. The molecule has 0 aromatic heterocycles. The van der Waals surface area contributed by atoms with Crippen LogP contribution < -0.4 is 0 Å². The van der Waals surface area contributed by atoms with Crippen molar-refractivity contribution in [3.05, 3.63) is 0 Å². The molecule has 0 bridgehead atoms. The highest BCUT2D eigenvalue weighted by Gasteiger charge is 2.41. The Morgan fingerprint density at radius 2 is 1.00 bits per heavy atom. The number of alkyl halides is 2. The van der Waals surface area contributed by atoms with Gasteiger partial charge in [-0.1, -0.05) is 70.9 Å². The maximum atomic E-state index is 5.91. The van der Waals surface area contributed by atoms with Crippen LogP contribution in [0.2, 0.25) is 0 Å². The van der Waals surface area contributed by atoms with E-state index in [0.29, 0.717) is 0 Å². The highest BCUT2D eigenvalue weighted by molar-refractivity contribution is 14.1. The average Bonchev–Trinajstić information content (AvgIpc) is 2.97. The minimum Gasteiger partial charge on any atom is -0.229 e. The lowest BCUT2D eigenvalue weighted by atomic mass is 10.1. The Kier molecular flexibility index (Phi) is 5.19. The molecule has 0 aliphatic heterocycles. The molecule has 2 saturated carbocycles. The molecular weight excluding hydrogens is 430 g/mol. The van der Waals surface area contributed by atoms with Crippen molar-refractivity contribution in [2.45, 2.75) is 62.6 Å². The van der Waals surface area contributed by atoms with E-state index in [-0.39, 0.29) is 11.2 Å². The summed E-state index contributed by atoms with van der Waals surface area (Å²) in [4.78, 5) is 11.8. The molecule has 2 nitrogen and oxygen atoms in total. The molecule has 0 atom stereocenters. The minimum absolute atomic E-state index is 0.0297. The van der Waals surface area contributed by atoms with Gasteiger partial charge in [-0.15, -0.1) is 0 Å². The maximum absolute atomic E-state index is 5.91. The molecule has 16 heavy (non-hydrogen) atoms. The maximum Gasteiger partial charge on any atom is 0.112 e. The van der Waals surface area contributed by atoms with Gasteiger partial charge in [-0.25, -0.2) is 9.78 Å². The van der Waals surface area contributed by atoms with Crippen LogP contribution in [0.3, 0.4) is 0 Å². The van der Waals surface area contributed by atoms with Crippen LogP contribution in [0.25, 0.3) is 0 Å². The molecular formula is C12H20I2O2. The summed E-state index contributed by atoms with van der Waals surface area (Å²) >= 11 is 4.88.